The van der Waals surface area contributed by atoms with Gasteiger partial charge in [-0.05, 0) is 12.3 Å². The molecule has 9 heavy (non-hydrogen) atoms. The lowest BCUT2D eigenvalue weighted by atomic mass is 9.82. The Labute approximate surface area is 57.2 Å². The molecule has 1 aliphatic rings. The minimum absolute atomic E-state index is 0.532. The van der Waals surface area contributed by atoms with E-state index in [4.69, 9.17) is 0 Å². The summed E-state index contributed by atoms with van der Waals surface area (Å²) in [6.45, 7) is 6.87. The van der Waals surface area contributed by atoms with Crippen LogP contribution in [0.1, 0.15) is 33.6 Å². The minimum Gasteiger partial charge on any atom is -0.249 e. The summed E-state index contributed by atoms with van der Waals surface area (Å²) >= 11 is 0. The zero-order valence-corrected chi connectivity index (χ0v) is 6.57. The maximum Gasteiger partial charge on any atom is 0.148 e. The molecule has 1 atom stereocenters. The lowest BCUT2D eigenvalue weighted by Crippen LogP contribution is -2.78. The average molecular weight is 126 g/mol. The van der Waals surface area contributed by atoms with Crippen LogP contribution in [-0.4, -0.2) is 12.3 Å². The first kappa shape index (κ1) is 6.79. The van der Waals surface area contributed by atoms with Crippen molar-refractivity contribution in [3.63, 3.8) is 0 Å². The molecule has 1 aliphatic heterocycles. The average Bonchev–Trinajstić information content (AvgIpc) is 1.60. The van der Waals surface area contributed by atoms with Crippen LogP contribution in [0.5, 0.6) is 0 Å². The molecule has 0 aromatic rings. The van der Waals surface area contributed by atoms with E-state index in [1.54, 1.807) is 0 Å². The molecule has 0 radical (unpaired) electrons. The van der Waals surface area contributed by atoms with Gasteiger partial charge < -0.3 is 0 Å². The van der Waals surface area contributed by atoms with Crippen LogP contribution in [0.15, 0.2) is 0 Å². The highest BCUT2D eigenvalue weighted by Gasteiger charge is 2.26. The third-order valence-corrected chi connectivity index (χ3v) is 1.92. The lowest BCUT2D eigenvalue weighted by molar-refractivity contribution is -0.505. The summed E-state index contributed by atoms with van der Waals surface area (Å²) in [7, 11) is 0. The first-order valence-electron chi connectivity index (χ1n) is 3.68. The van der Waals surface area contributed by atoms with Crippen molar-refractivity contribution < 1.29 is 4.99 Å². The van der Waals surface area contributed by atoms with Crippen molar-refractivity contribution >= 4 is 6.21 Å². The zero-order chi connectivity index (χ0) is 6.91. The summed E-state index contributed by atoms with van der Waals surface area (Å²) in [5, 5.41) is 0. The third-order valence-electron chi connectivity index (χ3n) is 1.92. The van der Waals surface area contributed by atoms with Gasteiger partial charge in [-0.3, -0.25) is 0 Å². The first-order valence-corrected chi connectivity index (χ1v) is 3.68. The second-order valence-electron chi connectivity index (χ2n) is 3.84. The Hall–Kier alpha value is -0.330. The SMILES string of the molecule is CC1CC(C)(C)CC=[NH+]1. The molecule has 0 spiro atoms. The summed E-state index contributed by atoms with van der Waals surface area (Å²) in [6, 6.07) is 0.675. The number of hydrogen-bond acceptors (Lipinski definition) is 0. The second-order valence-corrected chi connectivity index (χ2v) is 3.84. The van der Waals surface area contributed by atoms with E-state index in [1.165, 1.54) is 12.8 Å². The van der Waals surface area contributed by atoms with Crippen molar-refractivity contribution in [3.8, 4) is 0 Å². The third kappa shape index (κ3) is 1.81. The standard InChI is InChI=1S/C8H15N/c1-7-6-8(2,3)4-5-9-7/h5,7H,4,6H2,1-3H3/p+1. The van der Waals surface area contributed by atoms with E-state index in [1.807, 2.05) is 0 Å². The van der Waals surface area contributed by atoms with Crippen molar-refractivity contribution in [2.24, 2.45) is 5.41 Å². The fourth-order valence-corrected chi connectivity index (χ4v) is 1.51. The van der Waals surface area contributed by atoms with Crippen molar-refractivity contribution in [2.75, 3.05) is 0 Å². The van der Waals surface area contributed by atoms with Crippen LogP contribution < -0.4 is 4.99 Å². The molecule has 1 rings (SSSR count). The van der Waals surface area contributed by atoms with E-state index in [9.17, 15) is 0 Å². The Morgan fingerprint density at radius 1 is 1.56 bits per heavy atom. The van der Waals surface area contributed by atoms with Crippen LogP contribution in [-0.2, 0) is 0 Å². The van der Waals surface area contributed by atoms with E-state index in [0.29, 0.717) is 11.5 Å². The molecule has 1 N–H and O–H groups in total. The Morgan fingerprint density at radius 2 is 2.22 bits per heavy atom. The molecular weight excluding hydrogens is 110 g/mol. The smallest absolute Gasteiger partial charge is 0.148 e. The second kappa shape index (κ2) is 2.13. The molecule has 0 bridgehead atoms. The summed E-state index contributed by atoms with van der Waals surface area (Å²) in [5.41, 5.74) is 0.532. The number of nitrogens with one attached hydrogen (secondary N) is 1. The van der Waals surface area contributed by atoms with E-state index in [0.717, 1.165) is 0 Å². The fraction of sp³-hybridized carbons (Fsp3) is 0.875. The van der Waals surface area contributed by atoms with Gasteiger partial charge in [-0.2, -0.15) is 0 Å². The van der Waals surface area contributed by atoms with E-state index >= 15 is 0 Å². The van der Waals surface area contributed by atoms with Crippen molar-refractivity contribution in [1.82, 2.24) is 0 Å². The molecule has 1 heteroatoms. The Kier molecular flexibility index (Phi) is 1.60. The summed E-state index contributed by atoms with van der Waals surface area (Å²) < 4.78 is 0. The molecule has 0 amide bonds. The van der Waals surface area contributed by atoms with Gasteiger partial charge in [0.2, 0.25) is 0 Å². The Balaban J connectivity index is 2.58. The number of hydrogen-bond donors (Lipinski definition) is 1. The highest BCUT2D eigenvalue weighted by molar-refractivity contribution is 5.51. The topological polar surface area (TPSA) is 14.0 Å². The van der Waals surface area contributed by atoms with Gasteiger partial charge in [0.1, 0.15) is 12.3 Å². The normalized spacial score (nSPS) is 32.6. The van der Waals surface area contributed by atoms with Crippen molar-refractivity contribution in [2.45, 2.75) is 39.7 Å². The quantitative estimate of drug-likeness (QED) is 0.481. The molecule has 0 aromatic carbocycles. The van der Waals surface area contributed by atoms with Gasteiger partial charge in [0.25, 0.3) is 0 Å². The molecule has 0 saturated carbocycles. The lowest BCUT2D eigenvalue weighted by Gasteiger charge is -2.24. The van der Waals surface area contributed by atoms with Crippen LogP contribution in [0.2, 0.25) is 0 Å². The molecule has 1 nitrogen and oxygen atoms in total. The number of rotatable bonds is 0. The van der Waals surface area contributed by atoms with Gasteiger partial charge in [0.05, 0.1) is 0 Å². The van der Waals surface area contributed by atoms with Crippen molar-refractivity contribution in [1.29, 1.82) is 0 Å². The highest BCUT2D eigenvalue weighted by Crippen LogP contribution is 2.25. The van der Waals surface area contributed by atoms with Crippen LogP contribution >= 0.6 is 0 Å². The molecule has 0 saturated heterocycles. The largest absolute Gasteiger partial charge is 0.249 e. The minimum atomic E-state index is 0.532. The monoisotopic (exact) mass is 126 g/mol. The Bertz CT molecular complexity index is 125. The highest BCUT2D eigenvalue weighted by atomic mass is 14.8. The Morgan fingerprint density at radius 3 is 2.56 bits per heavy atom. The predicted octanol–water partition coefficient (Wildman–Crippen LogP) is 0.346. The fourth-order valence-electron chi connectivity index (χ4n) is 1.51. The maximum absolute atomic E-state index is 3.31. The van der Waals surface area contributed by atoms with Crippen LogP contribution in [0.4, 0.5) is 0 Å². The van der Waals surface area contributed by atoms with Gasteiger partial charge in [0, 0.05) is 12.8 Å². The molecular formula is C8H16N+. The van der Waals surface area contributed by atoms with Crippen LogP contribution in [0, 0.1) is 5.41 Å². The molecule has 1 heterocycles. The van der Waals surface area contributed by atoms with E-state index in [-0.39, 0.29) is 0 Å². The van der Waals surface area contributed by atoms with Crippen LogP contribution in [0.3, 0.4) is 0 Å². The van der Waals surface area contributed by atoms with Crippen LogP contribution in [0.25, 0.3) is 0 Å². The molecule has 0 aliphatic carbocycles. The van der Waals surface area contributed by atoms with E-state index in [2.05, 4.69) is 32.0 Å². The molecule has 52 valence electrons. The molecule has 0 fully saturated rings. The maximum atomic E-state index is 3.31. The van der Waals surface area contributed by atoms with Gasteiger partial charge >= 0.3 is 0 Å². The van der Waals surface area contributed by atoms with E-state index < -0.39 is 0 Å². The van der Waals surface area contributed by atoms with Gasteiger partial charge in [-0.25, -0.2) is 4.99 Å². The van der Waals surface area contributed by atoms with Crippen molar-refractivity contribution in [3.05, 3.63) is 0 Å². The summed E-state index contributed by atoms with van der Waals surface area (Å²) in [4.78, 5) is 3.31. The molecule has 1 unspecified atom stereocenters. The summed E-state index contributed by atoms with van der Waals surface area (Å²) in [5.74, 6) is 0. The predicted molar refractivity (Wildman–Crippen MR) is 39.5 cm³/mol. The zero-order valence-electron chi connectivity index (χ0n) is 6.57. The molecule has 0 aromatic heterocycles. The summed E-state index contributed by atoms with van der Waals surface area (Å²) in [6.07, 6.45) is 4.69. The van der Waals surface area contributed by atoms with Gasteiger partial charge in [-0.1, -0.05) is 13.8 Å². The van der Waals surface area contributed by atoms with Gasteiger partial charge in [0.15, 0.2) is 0 Å². The van der Waals surface area contributed by atoms with Gasteiger partial charge in [-0.15, -0.1) is 0 Å². The first-order chi connectivity index (χ1) is 4.10.